The van der Waals surface area contributed by atoms with Crippen LogP contribution in [0.3, 0.4) is 0 Å². The van der Waals surface area contributed by atoms with Gasteiger partial charge in [-0.15, -0.1) is 0 Å². The monoisotopic (exact) mass is 378 g/mol. The average Bonchev–Trinajstić information content (AvgIpc) is 3.13. The topological polar surface area (TPSA) is 63.5 Å². The summed E-state index contributed by atoms with van der Waals surface area (Å²) in [5.74, 6) is 3.12. The Morgan fingerprint density at radius 1 is 0.926 bits per heavy atom. The standard InChI is InChI=1S/C10H19NO.C6H11NO.C6H8O/c1-2-4-9(5-3-1)10-8-11-6-7-12-10;8-5-6-2-1-3-7-4-6;1-5-3-4-6(2)7-5/h9-11H,1-8H2;5-7H,1-4H2;3-4H,1-2H3. The summed E-state index contributed by atoms with van der Waals surface area (Å²) in [6.45, 7) is 8.91. The lowest BCUT2D eigenvalue weighted by molar-refractivity contribution is -0.111. The third-order valence-corrected chi connectivity index (χ3v) is 5.53. The van der Waals surface area contributed by atoms with E-state index in [1.807, 2.05) is 26.0 Å². The van der Waals surface area contributed by atoms with E-state index in [0.717, 1.165) is 69.4 Å². The number of ether oxygens (including phenoxy) is 1. The summed E-state index contributed by atoms with van der Waals surface area (Å²) in [6.07, 6.45) is 10.9. The molecule has 1 saturated carbocycles. The van der Waals surface area contributed by atoms with Gasteiger partial charge in [0.2, 0.25) is 0 Å². The van der Waals surface area contributed by atoms with E-state index in [9.17, 15) is 4.79 Å². The Kier molecular flexibility index (Phi) is 10.7. The van der Waals surface area contributed by atoms with E-state index in [0.29, 0.717) is 12.0 Å². The SMILES string of the molecule is C1CCC(C2CNCCO2)CC1.Cc1ccc(C)o1.O=CC1CCCNC1. The van der Waals surface area contributed by atoms with E-state index in [2.05, 4.69) is 10.6 Å². The van der Waals surface area contributed by atoms with E-state index in [1.165, 1.54) is 32.1 Å². The maximum atomic E-state index is 10.1. The van der Waals surface area contributed by atoms with Gasteiger partial charge in [0.05, 0.1) is 12.7 Å². The van der Waals surface area contributed by atoms with Crippen LogP contribution in [0.5, 0.6) is 0 Å². The van der Waals surface area contributed by atoms with Crippen molar-refractivity contribution in [1.82, 2.24) is 10.6 Å². The molecule has 0 aromatic carbocycles. The van der Waals surface area contributed by atoms with Crippen molar-refractivity contribution in [1.29, 1.82) is 0 Å². The zero-order chi connectivity index (χ0) is 19.3. The minimum atomic E-state index is 0.295. The van der Waals surface area contributed by atoms with Crippen LogP contribution >= 0.6 is 0 Å². The molecule has 1 aromatic rings. The molecule has 5 heteroatoms. The zero-order valence-electron chi connectivity index (χ0n) is 17.2. The van der Waals surface area contributed by atoms with Gasteiger partial charge >= 0.3 is 0 Å². The molecule has 0 bridgehead atoms. The van der Waals surface area contributed by atoms with Gasteiger partial charge in [-0.25, -0.2) is 0 Å². The second kappa shape index (κ2) is 13.1. The molecule has 27 heavy (non-hydrogen) atoms. The highest BCUT2D eigenvalue weighted by Gasteiger charge is 2.25. The molecule has 3 fully saturated rings. The van der Waals surface area contributed by atoms with Crippen molar-refractivity contribution in [2.45, 2.75) is 64.9 Å². The molecule has 2 saturated heterocycles. The predicted octanol–water partition coefficient (Wildman–Crippen LogP) is 3.64. The van der Waals surface area contributed by atoms with E-state index in [1.54, 1.807) is 0 Å². The fourth-order valence-corrected chi connectivity index (χ4v) is 3.95. The van der Waals surface area contributed by atoms with Crippen LogP contribution in [0.2, 0.25) is 0 Å². The Bertz CT molecular complexity index is 467. The van der Waals surface area contributed by atoms with Crippen molar-refractivity contribution in [3.8, 4) is 0 Å². The van der Waals surface area contributed by atoms with Crippen LogP contribution in [-0.2, 0) is 9.53 Å². The Hall–Kier alpha value is -1.17. The summed E-state index contributed by atoms with van der Waals surface area (Å²) in [5, 5.41) is 6.56. The third-order valence-electron chi connectivity index (χ3n) is 5.53. The van der Waals surface area contributed by atoms with E-state index in [4.69, 9.17) is 9.15 Å². The first-order valence-corrected chi connectivity index (χ1v) is 10.7. The maximum absolute atomic E-state index is 10.1. The highest BCUT2D eigenvalue weighted by atomic mass is 16.5. The fraction of sp³-hybridized carbons (Fsp3) is 0.773. The van der Waals surface area contributed by atoms with E-state index in [-0.39, 0.29) is 0 Å². The number of rotatable bonds is 2. The molecule has 3 heterocycles. The Morgan fingerprint density at radius 3 is 2.07 bits per heavy atom. The lowest BCUT2D eigenvalue weighted by Crippen LogP contribution is -2.43. The molecule has 2 N–H and O–H groups in total. The number of piperidine rings is 1. The van der Waals surface area contributed by atoms with E-state index >= 15 is 0 Å². The number of aldehydes is 1. The van der Waals surface area contributed by atoms with Crippen molar-refractivity contribution in [3.63, 3.8) is 0 Å². The normalized spacial score (nSPS) is 26.1. The molecule has 4 rings (SSSR count). The van der Waals surface area contributed by atoms with Crippen LogP contribution in [0.15, 0.2) is 16.5 Å². The second-order valence-electron chi connectivity index (χ2n) is 7.91. The van der Waals surface area contributed by atoms with E-state index < -0.39 is 0 Å². The average molecular weight is 379 g/mol. The van der Waals surface area contributed by atoms with Crippen LogP contribution < -0.4 is 10.6 Å². The lowest BCUT2D eigenvalue weighted by Gasteiger charge is -2.33. The molecule has 154 valence electrons. The minimum Gasteiger partial charge on any atom is -0.467 e. The molecule has 0 spiro atoms. The predicted molar refractivity (Wildman–Crippen MR) is 109 cm³/mol. The summed E-state index contributed by atoms with van der Waals surface area (Å²) in [5.41, 5.74) is 0. The highest BCUT2D eigenvalue weighted by Crippen LogP contribution is 2.28. The van der Waals surface area contributed by atoms with Crippen molar-refractivity contribution in [2.75, 3.05) is 32.8 Å². The number of carbonyl (C=O) groups excluding carboxylic acids is 1. The van der Waals surface area contributed by atoms with Crippen LogP contribution in [0.4, 0.5) is 0 Å². The van der Waals surface area contributed by atoms with Crippen molar-refractivity contribution < 1.29 is 13.9 Å². The number of furan rings is 1. The van der Waals surface area contributed by atoms with Gasteiger partial charge < -0.3 is 24.6 Å². The Morgan fingerprint density at radius 2 is 1.63 bits per heavy atom. The zero-order valence-corrected chi connectivity index (χ0v) is 17.2. The third kappa shape index (κ3) is 9.04. The maximum Gasteiger partial charge on any atom is 0.124 e. The molecule has 5 nitrogen and oxygen atoms in total. The lowest BCUT2D eigenvalue weighted by atomic mass is 9.85. The minimum absolute atomic E-state index is 0.295. The van der Waals surface area contributed by atoms with Gasteiger partial charge in [0.15, 0.2) is 0 Å². The molecule has 1 aliphatic carbocycles. The molecule has 3 aliphatic rings. The summed E-state index contributed by atoms with van der Waals surface area (Å²) >= 11 is 0. The first kappa shape index (κ1) is 22.1. The van der Waals surface area contributed by atoms with Crippen LogP contribution in [0, 0.1) is 25.7 Å². The van der Waals surface area contributed by atoms with Gasteiger partial charge in [0, 0.05) is 25.6 Å². The number of hydrogen-bond acceptors (Lipinski definition) is 5. The second-order valence-corrected chi connectivity index (χ2v) is 7.91. The summed E-state index contributed by atoms with van der Waals surface area (Å²) in [4.78, 5) is 10.1. The number of carbonyl (C=O) groups is 1. The van der Waals surface area contributed by atoms with Crippen LogP contribution in [0.25, 0.3) is 0 Å². The number of morpholine rings is 1. The fourth-order valence-electron chi connectivity index (χ4n) is 3.95. The molecular weight excluding hydrogens is 340 g/mol. The number of hydrogen-bond donors (Lipinski definition) is 2. The first-order chi connectivity index (χ1) is 13.2. The van der Waals surface area contributed by atoms with Gasteiger partial charge in [-0.2, -0.15) is 0 Å². The largest absolute Gasteiger partial charge is 0.467 e. The molecule has 2 aliphatic heterocycles. The van der Waals surface area contributed by atoms with Crippen LogP contribution in [-0.4, -0.2) is 45.2 Å². The summed E-state index contributed by atoms with van der Waals surface area (Å²) < 4.78 is 10.8. The van der Waals surface area contributed by atoms with Gasteiger partial charge in [-0.1, -0.05) is 19.3 Å². The molecule has 0 amide bonds. The van der Waals surface area contributed by atoms with Crippen molar-refractivity contribution in [2.24, 2.45) is 11.8 Å². The molecule has 1 aromatic heterocycles. The quantitative estimate of drug-likeness (QED) is 0.770. The van der Waals surface area contributed by atoms with Crippen LogP contribution in [0.1, 0.15) is 56.5 Å². The van der Waals surface area contributed by atoms with Crippen molar-refractivity contribution in [3.05, 3.63) is 23.7 Å². The van der Waals surface area contributed by atoms with Crippen molar-refractivity contribution >= 4 is 6.29 Å². The molecule has 2 unspecified atom stereocenters. The van der Waals surface area contributed by atoms with Gasteiger partial charge in [0.25, 0.3) is 0 Å². The van der Waals surface area contributed by atoms with Gasteiger partial charge in [-0.05, 0) is 64.1 Å². The summed E-state index contributed by atoms with van der Waals surface area (Å²) in [7, 11) is 0. The highest BCUT2D eigenvalue weighted by molar-refractivity contribution is 5.53. The first-order valence-electron chi connectivity index (χ1n) is 10.7. The summed E-state index contributed by atoms with van der Waals surface area (Å²) in [6, 6.07) is 3.91. The Balaban J connectivity index is 0.000000153. The van der Waals surface area contributed by atoms with Gasteiger partial charge in [-0.3, -0.25) is 0 Å². The number of aryl methyl sites for hydroxylation is 2. The molecule has 0 radical (unpaired) electrons. The smallest absolute Gasteiger partial charge is 0.124 e. The Labute approximate surface area is 164 Å². The van der Waals surface area contributed by atoms with Gasteiger partial charge in [0.1, 0.15) is 17.8 Å². The number of nitrogens with one attached hydrogen (secondary N) is 2. The molecular formula is C22H38N2O3. The molecule has 2 atom stereocenters.